The van der Waals surface area contributed by atoms with E-state index >= 15 is 0 Å². The van der Waals surface area contributed by atoms with Crippen molar-refractivity contribution in [2.75, 3.05) is 0 Å². The van der Waals surface area contributed by atoms with E-state index in [-0.39, 0.29) is 5.57 Å². The molecule has 2 nitrogen and oxygen atoms in total. The second kappa shape index (κ2) is 20.5. The lowest BCUT2D eigenvalue weighted by molar-refractivity contribution is -0.299. The molecule has 2 heteroatoms. The summed E-state index contributed by atoms with van der Waals surface area (Å²) in [6.45, 7) is 16.2. The van der Waals surface area contributed by atoms with E-state index in [1.54, 1.807) is 6.08 Å². The van der Waals surface area contributed by atoms with Gasteiger partial charge in [-0.25, -0.2) is 0 Å². The number of carboxylic acid groups (broad SMARTS) is 1. The summed E-state index contributed by atoms with van der Waals surface area (Å²) >= 11 is 0. The summed E-state index contributed by atoms with van der Waals surface area (Å²) in [4.78, 5) is 10.7. The van der Waals surface area contributed by atoms with Crippen molar-refractivity contribution in [1.29, 1.82) is 0 Å². The van der Waals surface area contributed by atoms with Crippen molar-refractivity contribution in [3.05, 3.63) is 142 Å². The van der Waals surface area contributed by atoms with Crippen LogP contribution in [0.4, 0.5) is 0 Å². The Labute approximate surface area is 226 Å². The summed E-state index contributed by atoms with van der Waals surface area (Å²) in [6, 6.07) is 0. The highest BCUT2D eigenvalue weighted by molar-refractivity contribution is 5.84. The van der Waals surface area contributed by atoms with Crippen LogP contribution in [-0.2, 0) is 4.79 Å². The predicted molar refractivity (Wildman–Crippen MR) is 162 cm³/mol. The van der Waals surface area contributed by atoms with Crippen LogP contribution in [0.25, 0.3) is 0 Å². The van der Waals surface area contributed by atoms with Gasteiger partial charge in [0.1, 0.15) is 0 Å². The standard InChI is InChI=1S/C35H46O2/c1-28(2)16-11-19-31(5)22-14-24-32(6)23-12-20-29(3)17-9-10-18-30(4)21-13-25-33(7)26-15-27-34(8)35(36)37/h9-10,12-18,20-27H,11,19H2,1-8H3,(H,36,37)/p-1/b10-9+,20-12+,21-13+,24-14+,26-15+,29-17+,30-18+,31-22+,32-23+,33-25+,34-27+. The first kappa shape index (κ1) is 33.4. The van der Waals surface area contributed by atoms with Crippen molar-refractivity contribution in [2.45, 2.75) is 68.2 Å². The number of carbonyl (C=O) groups excluding carboxylic acids is 1. The van der Waals surface area contributed by atoms with Gasteiger partial charge < -0.3 is 9.90 Å². The highest BCUT2D eigenvalue weighted by Gasteiger charge is 1.88. The summed E-state index contributed by atoms with van der Waals surface area (Å²) in [6.07, 6.45) is 36.5. The first-order valence-corrected chi connectivity index (χ1v) is 12.8. The molecule has 0 spiro atoms. The second-order valence-corrected chi connectivity index (χ2v) is 9.43. The maximum absolute atomic E-state index is 10.7. The van der Waals surface area contributed by atoms with E-state index in [1.807, 2.05) is 50.3 Å². The molecule has 0 fully saturated rings. The molecule has 0 aromatic heterocycles. The fourth-order valence-corrected chi connectivity index (χ4v) is 2.79. The Kier molecular flexibility index (Phi) is 18.5. The number of hydrogen-bond donors (Lipinski definition) is 0. The second-order valence-electron chi connectivity index (χ2n) is 9.43. The lowest BCUT2D eigenvalue weighted by Gasteiger charge is -1.97. The van der Waals surface area contributed by atoms with Gasteiger partial charge in [0, 0.05) is 0 Å². The zero-order valence-electron chi connectivity index (χ0n) is 24.0. The molecule has 0 aliphatic carbocycles. The zero-order valence-corrected chi connectivity index (χ0v) is 24.0. The molecule has 0 aliphatic rings. The van der Waals surface area contributed by atoms with Crippen molar-refractivity contribution in [1.82, 2.24) is 0 Å². The molecule has 0 heterocycles. The van der Waals surface area contributed by atoms with E-state index in [0.717, 1.165) is 24.0 Å². The zero-order chi connectivity index (χ0) is 28.1. The molecular formula is C35H45O2-. The summed E-state index contributed by atoms with van der Waals surface area (Å²) in [5, 5.41) is 10.7. The van der Waals surface area contributed by atoms with E-state index in [9.17, 15) is 9.90 Å². The molecule has 0 bridgehead atoms. The van der Waals surface area contributed by atoms with Gasteiger partial charge in [-0.15, -0.1) is 0 Å². The first-order chi connectivity index (χ1) is 17.5. The molecule has 0 N–H and O–H groups in total. The Morgan fingerprint density at radius 1 is 0.541 bits per heavy atom. The number of allylic oxidation sites excluding steroid dienone is 23. The van der Waals surface area contributed by atoms with Crippen molar-refractivity contribution < 1.29 is 9.90 Å². The third-order valence-corrected chi connectivity index (χ3v) is 5.12. The Morgan fingerprint density at radius 3 is 1.32 bits per heavy atom. The van der Waals surface area contributed by atoms with Crippen LogP contribution in [0.1, 0.15) is 68.2 Å². The number of carbonyl (C=O) groups is 1. The van der Waals surface area contributed by atoms with E-state index in [2.05, 4.69) is 89.3 Å². The molecule has 0 amide bonds. The molecule has 0 unspecified atom stereocenters. The van der Waals surface area contributed by atoms with Crippen molar-refractivity contribution in [3.63, 3.8) is 0 Å². The monoisotopic (exact) mass is 497 g/mol. The Morgan fingerprint density at radius 2 is 0.919 bits per heavy atom. The van der Waals surface area contributed by atoms with Crippen LogP contribution in [0.3, 0.4) is 0 Å². The molecule has 0 radical (unpaired) electrons. The number of hydrogen-bond acceptors (Lipinski definition) is 2. The van der Waals surface area contributed by atoms with E-state index in [0.29, 0.717) is 0 Å². The molecule has 0 aromatic rings. The summed E-state index contributed by atoms with van der Waals surface area (Å²) < 4.78 is 0. The van der Waals surface area contributed by atoms with E-state index in [4.69, 9.17) is 0 Å². The fourth-order valence-electron chi connectivity index (χ4n) is 2.79. The maximum Gasteiger partial charge on any atom is 0.0672 e. The largest absolute Gasteiger partial charge is 0.545 e. The van der Waals surface area contributed by atoms with Gasteiger partial charge in [-0.1, -0.05) is 137 Å². The molecule has 0 atom stereocenters. The van der Waals surface area contributed by atoms with Gasteiger partial charge in [0.15, 0.2) is 0 Å². The SMILES string of the molecule is CC(C)=CCC/C(C)=C/C=C/C(C)=C/C=C/C(C)=C/C=C/C=C(C)/C=C/C=C(C)/C=C/C=C(\C)C(=O)[O-]. The molecule has 198 valence electrons. The Balaban J connectivity index is 4.73. The fraction of sp³-hybridized carbons (Fsp3) is 0.286. The van der Waals surface area contributed by atoms with Gasteiger partial charge in [0.2, 0.25) is 0 Å². The Hall–Kier alpha value is -3.65. The molecule has 37 heavy (non-hydrogen) atoms. The van der Waals surface area contributed by atoms with Crippen LogP contribution in [0.2, 0.25) is 0 Å². The van der Waals surface area contributed by atoms with Gasteiger partial charge in [0.25, 0.3) is 0 Å². The van der Waals surface area contributed by atoms with Gasteiger partial charge in [0.05, 0.1) is 5.97 Å². The minimum atomic E-state index is -1.15. The highest BCUT2D eigenvalue weighted by Crippen LogP contribution is 2.08. The smallest absolute Gasteiger partial charge is 0.0672 e. The quantitative estimate of drug-likeness (QED) is 0.136. The molecule has 0 saturated heterocycles. The van der Waals surface area contributed by atoms with Crippen molar-refractivity contribution in [3.8, 4) is 0 Å². The molecule has 0 aromatic carbocycles. The van der Waals surface area contributed by atoms with Crippen molar-refractivity contribution in [2.24, 2.45) is 0 Å². The Bertz CT molecular complexity index is 1090. The minimum Gasteiger partial charge on any atom is -0.545 e. The van der Waals surface area contributed by atoms with Gasteiger partial charge in [-0.05, 0) is 73.8 Å². The van der Waals surface area contributed by atoms with E-state index < -0.39 is 5.97 Å². The van der Waals surface area contributed by atoms with E-state index in [1.165, 1.54) is 35.3 Å². The highest BCUT2D eigenvalue weighted by atomic mass is 16.4. The number of carboxylic acids is 1. The van der Waals surface area contributed by atoms with Crippen LogP contribution < -0.4 is 5.11 Å². The number of aliphatic carboxylic acids is 1. The van der Waals surface area contributed by atoms with Crippen LogP contribution in [0, 0.1) is 0 Å². The molecule has 0 rings (SSSR count). The maximum atomic E-state index is 10.7. The molecule has 0 saturated carbocycles. The van der Waals surface area contributed by atoms with Crippen LogP contribution in [0.15, 0.2) is 142 Å². The van der Waals surface area contributed by atoms with Crippen molar-refractivity contribution >= 4 is 5.97 Å². The summed E-state index contributed by atoms with van der Waals surface area (Å²) in [7, 11) is 0. The van der Waals surface area contributed by atoms with Gasteiger partial charge in [-0.3, -0.25) is 0 Å². The van der Waals surface area contributed by atoms with Crippen LogP contribution in [0.5, 0.6) is 0 Å². The molecular weight excluding hydrogens is 452 g/mol. The third-order valence-electron chi connectivity index (χ3n) is 5.12. The number of rotatable bonds is 14. The summed E-state index contributed by atoms with van der Waals surface area (Å²) in [5.74, 6) is -1.15. The average Bonchev–Trinajstić information content (AvgIpc) is 2.81. The van der Waals surface area contributed by atoms with Gasteiger partial charge >= 0.3 is 0 Å². The normalized spacial score (nSPS) is 15.4. The topological polar surface area (TPSA) is 40.1 Å². The molecule has 0 aliphatic heterocycles. The lowest BCUT2D eigenvalue weighted by atomic mass is 10.1. The minimum absolute atomic E-state index is 0.202. The summed E-state index contributed by atoms with van der Waals surface area (Å²) in [5.41, 5.74) is 7.51. The first-order valence-electron chi connectivity index (χ1n) is 12.8. The average molecular weight is 498 g/mol. The van der Waals surface area contributed by atoms with Crippen LogP contribution in [-0.4, -0.2) is 5.97 Å². The predicted octanol–water partition coefficient (Wildman–Crippen LogP) is 8.94. The van der Waals surface area contributed by atoms with Crippen LogP contribution >= 0.6 is 0 Å². The van der Waals surface area contributed by atoms with Gasteiger partial charge in [-0.2, -0.15) is 0 Å². The third kappa shape index (κ3) is 21.4. The lowest BCUT2D eigenvalue weighted by Crippen LogP contribution is -2.22.